The molecule has 0 radical (unpaired) electrons. The summed E-state index contributed by atoms with van der Waals surface area (Å²) in [6.45, 7) is 6.29. The lowest BCUT2D eigenvalue weighted by atomic mass is 10.1. The lowest BCUT2D eigenvalue weighted by Crippen LogP contribution is -2.52. The molecule has 2 atom stereocenters. The summed E-state index contributed by atoms with van der Waals surface area (Å²) in [7, 11) is -4.19. The van der Waals surface area contributed by atoms with Crippen LogP contribution >= 0.6 is 11.6 Å². The zero-order valence-corrected chi connectivity index (χ0v) is 24.0. The Labute approximate surface area is 234 Å². The van der Waals surface area contributed by atoms with Crippen molar-refractivity contribution in [2.75, 3.05) is 10.8 Å². The molecule has 3 rings (SSSR count). The molecule has 0 unspecified atom stereocenters. The number of nitrogens with one attached hydrogen (secondary N) is 1. The molecule has 208 valence electrons. The second kappa shape index (κ2) is 13.1. The number of sulfonamides is 1. The lowest BCUT2D eigenvalue weighted by Gasteiger charge is -2.32. The van der Waals surface area contributed by atoms with Crippen molar-refractivity contribution in [2.24, 2.45) is 0 Å². The SMILES string of the molecule is CC[C@H](C)NC(=O)[C@@H](C)N(Cc1ccccc1F)C(=O)CN(c1ccc(Cl)cc1)S(=O)(=O)c1ccc(C)cc1. The van der Waals surface area contributed by atoms with Crippen LogP contribution in [0.4, 0.5) is 10.1 Å². The predicted molar refractivity (Wildman–Crippen MR) is 151 cm³/mol. The van der Waals surface area contributed by atoms with Crippen LogP contribution in [0.3, 0.4) is 0 Å². The van der Waals surface area contributed by atoms with E-state index in [1.165, 1.54) is 66.4 Å². The number of halogens is 2. The zero-order valence-electron chi connectivity index (χ0n) is 22.4. The maximum Gasteiger partial charge on any atom is 0.264 e. The lowest BCUT2D eigenvalue weighted by molar-refractivity contribution is -0.139. The molecule has 10 heteroatoms. The van der Waals surface area contributed by atoms with Crippen molar-refractivity contribution >= 4 is 39.1 Å². The molecule has 0 aliphatic carbocycles. The van der Waals surface area contributed by atoms with Crippen LogP contribution in [0, 0.1) is 12.7 Å². The first-order valence-electron chi connectivity index (χ1n) is 12.6. The molecule has 7 nitrogen and oxygen atoms in total. The number of carbonyl (C=O) groups excluding carboxylic acids is 2. The predicted octanol–water partition coefficient (Wildman–Crippen LogP) is 5.31. The molecular formula is C29H33ClFN3O4S. The number of rotatable bonds is 11. The summed E-state index contributed by atoms with van der Waals surface area (Å²) >= 11 is 6.03. The summed E-state index contributed by atoms with van der Waals surface area (Å²) in [6.07, 6.45) is 0.679. The van der Waals surface area contributed by atoms with Gasteiger partial charge in [-0.25, -0.2) is 12.8 Å². The highest BCUT2D eigenvalue weighted by molar-refractivity contribution is 7.92. The summed E-state index contributed by atoms with van der Waals surface area (Å²) in [5.74, 6) is -1.63. The Morgan fingerprint density at radius 2 is 1.59 bits per heavy atom. The van der Waals surface area contributed by atoms with Crippen LogP contribution in [0.25, 0.3) is 0 Å². The maximum absolute atomic E-state index is 14.6. The van der Waals surface area contributed by atoms with E-state index in [9.17, 15) is 22.4 Å². The summed E-state index contributed by atoms with van der Waals surface area (Å²) < 4.78 is 43.1. The van der Waals surface area contributed by atoms with Gasteiger partial charge in [0.15, 0.2) is 0 Å². The monoisotopic (exact) mass is 573 g/mol. The Hall–Kier alpha value is -3.43. The normalized spacial score (nSPS) is 12.9. The van der Waals surface area contributed by atoms with Gasteiger partial charge in [0.1, 0.15) is 18.4 Å². The van der Waals surface area contributed by atoms with Gasteiger partial charge in [0.05, 0.1) is 10.6 Å². The van der Waals surface area contributed by atoms with Crippen molar-refractivity contribution in [1.82, 2.24) is 10.2 Å². The second-order valence-electron chi connectivity index (χ2n) is 9.41. The minimum Gasteiger partial charge on any atom is -0.352 e. The Bertz CT molecular complexity index is 1400. The van der Waals surface area contributed by atoms with E-state index in [2.05, 4.69) is 5.32 Å². The molecule has 0 saturated heterocycles. The number of anilines is 1. The van der Waals surface area contributed by atoms with Crippen LogP contribution in [-0.2, 0) is 26.2 Å². The molecule has 0 heterocycles. The average molecular weight is 574 g/mol. The van der Waals surface area contributed by atoms with Crippen molar-refractivity contribution in [3.8, 4) is 0 Å². The van der Waals surface area contributed by atoms with Gasteiger partial charge >= 0.3 is 0 Å². The van der Waals surface area contributed by atoms with Crippen molar-refractivity contribution in [3.63, 3.8) is 0 Å². The van der Waals surface area contributed by atoms with Gasteiger partial charge in [0, 0.05) is 23.2 Å². The number of carbonyl (C=O) groups is 2. The topological polar surface area (TPSA) is 86.8 Å². The van der Waals surface area contributed by atoms with Gasteiger partial charge in [-0.1, -0.05) is 54.4 Å². The summed E-state index contributed by atoms with van der Waals surface area (Å²) in [5.41, 5.74) is 1.30. The van der Waals surface area contributed by atoms with Crippen LogP contribution in [0.2, 0.25) is 5.02 Å². The molecular weight excluding hydrogens is 541 g/mol. The maximum atomic E-state index is 14.6. The minimum absolute atomic E-state index is 0.000865. The van der Waals surface area contributed by atoms with E-state index < -0.39 is 40.2 Å². The average Bonchev–Trinajstić information content (AvgIpc) is 2.91. The Balaban J connectivity index is 2.03. The molecule has 2 amide bonds. The quantitative estimate of drug-likeness (QED) is 0.337. The highest BCUT2D eigenvalue weighted by Crippen LogP contribution is 2.26. The molecule has 0 saturated carbocycles. The number of nitrogens with zero attached hydrogens (tertiary/aromatic N) is 2. The van der Waals surface area contributed by atoms with Gasteiger partial charge in [0.25, 0.3) is 10.0 Å². The molecule has 0 fully saturated rings. The fourth-order valence-corrected chi connectivity index (χ4v) is 5.37. The third-order valence-electron chi connectivity index (χ3n) is 6.47. The van der Waals surface area contributed by atoms with Crippen LogP contribution < -0.4 is 9.62 Å². The number of hydrogen-bond donors (Lipinski definition) is 1. The molecule has 3 aromatic rings. The fraction of sp³-hybridized carbons (Fsp3) is 0.310. The van der Waals surface area contributed by atoms with Crippen LogP contribution in [0.15, 0.2) is 77.7 Å². The van der Waals surface area contributed by atoms with Crippen molar-refractivity contribution in [1.29, 1.82) is 0 Å². The molecule has 0 aliphatic heterocycles. The Morgan fingerprint density at radius 3 is 2.18 bits per heavy atom. The van der Waals surface area contributed by atoms with Gasteiger partial charge in [-0.15, -0.1) is 0 Å². The van der Waals surface area contributed by atoms with Crippen LogP contribution in [0.5, 0.6) is 0 Å². The highest BCUT2D eigenvalue weighted by Gasteiger charge is 2.33. The standard InChI is InChI=1S/C29H33ClFN3O4S/c1-5-21(3)32-29(36)22(4)33(18-23-8-6-7-9-27(23)31)28(35)19-34(25-14-12-24(30)13-15-25)39(37,38)26-16-10-20(2)11-17-26/h6-17,21-22H,5,18-19H2,1-4H3,(H,32,36)/t21-,22+/m0/s1. The fourth-order valence-electron chi connectivity index (χ4n) is 3.83. The molecule has 3 aromatic carbocycles. The third-order valence-corrected chi connectivity index (χ3v) is 8.51. The highest BCUT2D eigenvalue weighted by atomic mass is 35.5. The molecule has 1 N–H and O–H groups in total. The molecule has 0 bridgehead atoms. The van der Waals surface area contributed by atoms with E-state index in [0.29, 0.717) is 11.4 Å². The third kappa shape index (κ3) is 7.58. The van der Waals surface area contributed by atoms with Crippen molar-refractivity contribution in [3.05, 3.63) is 94.8 Å². The van der Waals surface area contributed by atoms with Gasteiger partial charge in [-0.2, -0.15) is 0 Å². The number of aryl methyl sites for hydroxylation is 1. The van der Waals surface area contributed by atoms with Crippen molar-refractivity contribution in [2.45, 2.75) is 57.6 Å². The number of amides is 2. The molecule has 39 heavy (non-hydrogen) atoms. The molecule has 0 spiro atoms. The first-order chi connectivity index (χ1) is 18.4. The second-order valence-corrected chi connectivity index (χ2v) is 11.7. The number of benzene rings is 3. The van der Waals surface area contributed by atoms with E-state index in [0.717, 1.165) is 9.87 Å². The van der Waals surface area contributed by atoms with E-state index in [1.807, 2.05) is 20.8 Å². The Morgan fingerprint density at radius 1 is 0.974 bits per heavy atom. The van der Waals surface area contributed by atoms with Gasteiger partial charge < -0.3 is 10.2 Å². The van der Waals surface area contributed by atoms with Crippen LogP contribution in [0.1, 0.15) is 38.3 Å². The molecule has 0 aromatic heterocycles. The molecule has 0 aliphatic rings. The minimum atomic E-state index is -4.19. The van der Waals surface area contributed by atoms with E-state index >= 15 is 0 Å². The zero-order chi connectivity index (χ0) is 28.7. The smallest absolute Gasteiger partial charge is 0.264 e. The summed E-state index contributed by atoms with van der Waals surface area (Å²) in [5, 5.41) is 3.24. The van der Waals surface area contributed by atoms with E-state index in [-0.39, 0.29) is 28.7 Å². The first-order valence-corrected chi connectivity index (χ1v) is 14.4. The van der Waals surface area contributed by atoms with Gasteiger partial charge in [-0.05, 0) is 69.7 Å². The number of hydrogen-bond acceptors (Lipinski definition) is 4. The van der Waals surface area contributed by atoms with Crippen molar-refractivity contribution < 1.29 is 22.4 Å². The largest absolute Gasteiger partial charge is 0.352 e. The van der Waals surface area contributed by atoms with E-state index in [1.54, 1.807) is 18.2 Å². The van der Waals surface area contributed by atoms with Gasteiger partial charge in [-0.3, -0.25) is 13.9 Å². The first kappa shape index (κ1) is 30.1. The van der Waals surface area contributed by atoms with E-state index in [4.69, 9.17) is 11.6 Å². The Kier molecular flexibility index (Phi) is 10.1. The summed E-state index contributed by atoms with van der Waals surface area (Å²) in [4.78, 5) is 28.1. The summed E-state index contributed by atoms with van der Waals surface area (Å²) in [6, 6.07) is 17.1. The van der Waals surface area contributed by atoms with Gasteiger partial charge in [0.2, 0.25) is 11.8 Å². The van der Waals surface area contributed by atoms with Crippen LogP contribution in [-0.4, -0.2) is 43.8 Å².